The fourth-order valence-corrected chi connectivity index (χ4v) is 3.76. The van der Waals surface area contributed by atoms with Crippen LogP contribution < -0.4 is 10.6 Å². The first kappa shape index (κ1) is 19.9. The molecule has 1 aliphatic rings. The number of urea groups is 1. The van der Waals surface area contributed by atoms with E-state index in [0.717, 1.165) is 34.7 Å². The van der Waals surface area contributed by atoms with E-state index in [2.05, 4.69) is 27.8 Å². The Hall–Kier alpha value is -2.81. The van der Waals surface area contributed by atoms with Crippen LogP contribution in [0.1, 0.15) is 42.8 Å². The van der Waals surface area contributed by atoms with Crippen LogP contribution in [0.25, 0.3) is 0 Å². The molecule has 3 rings (SSSR count). The summed E-state index contributed by atoms with van der Waals surface area (Å²) in [4.78, 5) is 38.5. The first-order chi connectivity index (χ1) is 13.3. The summed E-state index contributed by atoms with van der Waals surface area (Å²) in [6, 6.07) is 6.76. The molecule has 1 aromatic heterocycles. The van der Waals surface area contributed by atoms with Gasteiger partial charge in [0, 0.05) is 6.42 Å². The highest BCUT2D eigenvalue weighted by atomic mass is 32.1. The molecule has 2 heterocycles. The molecule has 1 atom stereocenters. The summed E-state index contributed by atoms with van der Waals surface area (Å²) in [6.07, 6.45) is 2.86. The van der Waals surface area contributed by atoms with Crippen LogP contribution in [-0.2, 0) is 21.5 Å². The number of amides is 4. The van der Waals surface area contributed by atoms with Crippen LogP contribution in [0.15, 0.2) is 24.3 Å². The van der Waals surface area contributed by atoms with E-state index in [0.29, 0.717) is 10.7 Å². The number of carbonyl (C=O) groups is 3. The predicted molar refractivity (Wildman–Crippen MR) is 106 cm³/mol. The summed E-state index contributed by atoms with van der Waals surface area (Å²) in [6.45, 7) is 5.29. The monoisotopic (exact) mass is 401 g/mol. The third kappa shape index (κ3) is 4.04. The Morgan fingerprint density at radius 3 is 2.64 bits per heavy atom. The van der Waals surface area contributed by atoms with Crippen LogP contribution >= 0.6 is 11.3 Å². The second-order valence-corrected chi connectivity index (χ2v) is 8.03. The third-order valence-corrected chi connectivity index (χ3v) is 5.56. The van der Waals surface area contributed by atoms with Crippen molar-refractivity contribution in [3.05, 3.63) is 40.4 Å². The number of benzene rings is 1. The minimum absolute atomic E-state index is 0.365. The summed E-state index contributed by atoms with van der Waals surface area (Å²) in [7, 11) is 0. The number of nitrogens with one attached hydrogen (secondary N) is 2. The number of unbranched alkanes of at least 4 members (excludes halogenated alkanes) is 1. The largest absolute Gasteiger partial charge is 0.325 e. The first-order valence-electron chi connectivity index (χ1n) is 9.17. The standard InChI is InChI=1S/C19H23N5O3S/c1-4-5-6-15-22-23-17(28-15)20-14(25)11-24-16(26)19(3,21-18(24)27)13-9-7-12(2)8-10-13/h7-10H,4-6,11H2,1-3H3,(H,21,27)(H,20,23,25). The lowest BCUT2D eigenvalue weighted by molar-refractivity contribution is -0.133. The number of nitrogens with zero attached hydrogens (tertiary/aromatic N) is 3. The van der Waals surface area contributed by atoms with Gasteiger partial charge in [-0.2, -0.15) is 0 Å². The van der Waals surface area contributed by atoms with Gasteiger partial charge in [0.1, 0.15) is 17.1 Å². The molecule has 1 aromatic carbocycles. The summed E-state index contributed by atoms with van der Waals surface area (Å²) >= 11 is 1.30. The lowest BCUT2D eigenvalue weighted by Gasteiger charge is -2.22. The molecule has 28 heavy (non-hydrogen) atoms. The van der Waals surface area contributed by atoms with Gasteiger partial charge in [0.15, 0.2) is 0 Å². The van der Waals surface area contributed by atoms with Crippen LogP contribution in [0.2, 0.25) is 0 Å². The minimum atomic E-state index is -1.19. The van der Waals surface area contributed by atoms with Crippen molar-refractivity contribution in [3.8, 4) is 0 Å². The van der Waals surface area contributed by atoms with Gasteiger partial charge >= 0.3 is 6.03 Å². The van der Waals surface area contributed by atoms with Crippen molar-refractivity contribution in [3.63, 3.8) is 0 Å². The van der Waals surface area contributed by atoms with Gasteiger partial charge < -0.3 is 5.32 Å². The lowest BCUT2D eigenvalue weighted by Crippen LogP contribution is -2.42. The maximum absolute atomic E-state index is 12.9. The SMILES string of the molecule is CCCCc1nnc(NC(=O)CN2C(=O)NC(C)(c3ccc(C)cc3)C2=O)s1. The zero-order chi connectivity index (χ0) is 20.3. The van der Waals surface area contributed by atoms with Gasteiger partial charge in [-0.15, -0.1) is 10.2 Å². The van der Waals surface area contributed by atoms with E-state index < -0.39 is 23.4 Å². The van der Waals surface area contributed by atoms with E-state index in [1.807, 2.05) is 19.1 Å². The second kappa shape index (κ2) is 8.05. The van der Waals surface area contributed by atoms with Crippen molar-refractivity contribution in [1.82, 2.24) is 20.4 Å². The van der Waals surface area contributed by atoms with Crippen LogP contribution in [0, 0.1) is 6.92 Å². The van der Waals surface area contributed by atoms with E-state index in [1.165, 1.54) is 11.3 Å². The fourth-order valence-electron chi connectivity index (χ4n) is 2.96. The van der Waals surface area contributed by atoms with Crippen LogP contribution in [0.4, 0.5) is 9.93 Å². The molecule has 1 fully saturated rings. The molecule has 1 saturated heterocycles. The third-order valence-electron chi connectivity index (χ3n) is 4.66. The molecule has 8 nitrogen and oxygen atoms in total. The van der Waals surface area contributed by atoms with Crippen molar-refractivity contribution in [2.45, 2.75) is 45.6 Å². The zero-order valence-corrected chi connectivity index (χ0v) is 16.9. The molecule has 9 heteroatoms. The number of aryl methyl sites for hydroxylation is 2. The minimum Gasteiger partial charge on any atom is -0.319 e. The lowest BCUT2D eigenvalue weighted by atomic mass is 9.91. The first-order valence-corrected chi connectivity index (χ1v) is 9.98. The zero-order valence-electron chi connectivity index (χ0n) is 16.1. The van der Waals surface area contributed by atoms with Crippen molar-refractivity contribution >= 4 is 34.3 Å². The molecule has 1 unspecified atom stereocenters. The molecule has 0 aliphatic carbocycles. The van der Waals surface area contributed by atoms with E-state index in [9.17, 15) is 14.4 Å². The Balaban J connectivity index is 1.66. The second-order valence-electron chi connectivity index (χ2n) is 6.97. The maximum atomic E-state index is 12.9. The summed E-state index contributed by atoms with van der Waals surface area (Å²) < 4.78 is 0. The molecular formula is C19H23N5O3S. The maximum Gasteiger partial charge on any atom is 0.325 e. The molecule has 0 saturated carbocycles. The Bertz CT molecular complexity index is 895. The van der Waals surface area contributed by atoms with Crippen molar-refractivity contribution < 1.29 is 14.4 Å². The number of aromatic nitrogens is 2. The van der Waals surface area contributed by atoms with Gasteiger partial charge in [-0.3, -0.25) is 19.8 Å². The Kier molecular flexibility index (Phi) is 5.73. The van der Waals surface area contributed by atoms with Gasteiger partial charge in [-0.1, -0.05) is 54.5 Å². The number of rotatable bonds is 7. The van der Waals surface area contributed by atoms with Gasteiger partial charge in [0.05, 0.1) is 0 Å². The molecule has 148 valence electrons. The fraction of sp³-hybridized carbons (Fsp3) is 0.421. The topological polar surface area (TPSA) is 104 Å². The quantitative estimate of drug-likeness (QED) is 0.694. The van der Waals surface area contributed by atoms with Crippen LogP contribution in [-0.4, -0.2) is 39.5 Å². The van der Waals surface area contributed by atoms with Gasteiger partial charge in [-0.05, 0) is 25.8 Å². The van der Waals surface area contributed by atoms with Crippen molar-refractivity contribution in [1.29, 1.82) is 0 Å². The van der Waals surface area contributed by atoms with Gasteiger partial charge in [0.25, 0.3) is 5.91 Å². The van der Waals surface area contributed by atoms with Crippen molar-refractivity contribution in [2.75, 3.05) is 11.9 Å². The number of hydrogen-bond donors (Lipinski definition) is 2. The number of imide groups is 1. The Labute approximate surface area is 167 Å². The van der Waals surface area contributed by atoms with E-state index in [1.54, 1.807) is 19.1 Å². The molecule has 0 bridgehead atoms. The van der Waals surface area contributed by atoms with Crippen LogP contribution in [0.3, 0.4) is 0 Å². The number of carbonyl (C=O) groups excluding carboxylic acids is 3. The molecule has 2 aromatic rings. The van der Waals surface area contributed by atoms with E-state index >= 15 is 0 Å². The number of anilines is 1. The van der Waals surface area contributed by atoms with Gasteiger partial charge in [0.2, 0.25) is 11.0 Å². The van der Waals surface area contributed by atoms with Crippen LogP contribution in [0.5, 0.6) is 0 Å². The molecular weight excluding hydrogens is 378 g/mol. The molecule has 1 aliphatic heterocycles. The molecule has 2 N–H and O–H groups in total. The smallest absolute Gasteiger partial charge is 0.319 e. The summed E-state index contributed by atoms with van der Waals surface area (Å²) in [5, 5.41) is 14.5. The summed E-state index contributed by atoms with van der Waals surface area (Å²) in [5.41, 5.74) is 0.529. The highest BCUT2D eigenvalue weighted by Crippen LogP contribution is 2.29. The van der Waals surface area contributed by atoms with Crippen molar-refractivity contribution in [2.24, 2.45) is 0 Å². The van der Waals surface area contributed by atoms with E-state index in [-0.39, 0.29) is 6.54 Å². The summed E-state index contributed by atoms with van der Waals surface area (Å²) in [5.74, 6) is -0.952. The van der Waals surface area contributed by atoms with E-state index in [4.69, 9.17) is 0 Å². The molecule has 0 spiro atoms. The average molecular weight is 401 g/mol. The average Bonchev–Trinajstić information content (AvgIpc) is 3.19. The highest BCUT2D eigenvalue weighted by molar-refractivity contribution is 7.15. The molecule has 0 radical (unpaired) electrons. The number of hydrogen-bond acceptors (Lipinski definition) is 6. The predicted octanol–water partition coefficient (Wildman–Crippen LogP) is 2.59. The molecule has 4 amide bonds. The Morgan fingerprint density at radius 1 is 1.25 bits per heavy atom. The normalized spacial score (nSPS) is 19.0. The highest BCUT2D eigenvalue weighted by Gasteiger charge is 2.49. The Morgan fingerprint density at radius 2 is 1.96 bits per heavy atom. The van der Waals surface area contributed by atoms with Gasteiger partial charge in [-0.25, -0.2) is 4.79 Å².